The number of carboxylic acid groups (broad SMARTS) is 1. The first-order chi connectivity index (χ1) is 6.18. The Morgan fingerprint density at radius 2 is 2.00 bits per heavy atom. The Bertz CT molecular complexity index is 162. The van der Waals surface area contributed by atoms with Gasteiger partial charge in [-0.2, -0.15) is 0 Å². The van der Waals surface area contributed by atoms with E-state index in [-0.39, 0.29) is 0 Å². The Morgan fingerprint density at radius 3 is 2.23 bits per heavy atom. The quantitative estimate of drug-likeness (QED) is 0.406. The minimum atomic E-state index is -0.682. The summed E-state index contributed by atoms with van der Waals surface area (Å²) in [6.07, 6.45) is 4.67. The summed E-state index contributed by atoms with van der Waals surface area (Å²) < 4.78 is 0. The summed E-state index contributed by atoms with van der Waals surface area (Å²) >= 11 is 0. The van der Waals surface area contributed by atoms with Gasteiger partial charge in [-0.15, -0.1) is 0 Å². The fraction of sp³-hybridized carbons (Fsp3) is 0.778. The fourth-order valence-corrected chi connectivity index (χ4v) is 0.591. The van der Waals surface area contributed by atoms with E-state index in [0.29, 0.717) is 13.0 Å². The summed E-state index contributed by atoms with van der Waals surface area (Å²) in [5, 5.41) is 8.14. The number of isocyanates is 1. The Hall–Kier alpha value is -1.15. The lowest BCUT2D eigenvalue weighted by Crippen LogP contribution is -1.92. The van der Waals surface area contributed by atoms with Crippen LogP contribution in [0.1, 0.15) is 39.5 Å². The zero-order chi connectivity index (χ0) is 10.5. The van der Waals surface area contributed by atoms with Crippen LogP contribution < -0.4 is 0 Å². The van der Waals surface area contributed by atoms with E-state index in [1.54, 1.807) is 6.92 Å². The van der Waals surface area contributed by atoms with Gasteiger partial charge in [0, 0.05) is 13.0 Å². The number of carbonyl (C=O) groups excluding carboxylic acids is 1. The van der Waals surface area contributed by atoms with Crippen LogP contribution >= 0.6 is 0 Å². The minimum absolute atomic E-state index is 0.327. The van der Waals surface area contributed by atoms with Gasteiger partial charge in [0.05, 0.1) is 0 Å². The molecule has 0 unspecified atom stereocenters. The smallest absolute Gasteiger partial charge is 0.303 e. The van der Waals surface area contributed by atoms with Crippen molar-refractivity contribution in [1.82, 2.24) is 0 Å². The lowest BCUT2D eigenvalue weighted by Gasteiger charge is -1.89. The first-order valence-electron chi connectivity index (χ1n) is 4.44. The van der Waals surface area contributed by atoms with E-state index in [4.69, 9.17) is 9.90 Å². The highest BCUT2D eigenvalue weighted by atomic mass is 16.4. The molecule has 0 rings (SSSR count). The van der Waals surface area contributed by atoms with Crippen molar-refractivity contribution >= 4 is 12.0 Å². The molecule has 0 aliphatic rings. The van der Waals surface area contributed by atoms with Crippen LogP contribution in [0.4, 0.5) is 0 Å². The van der Waals surface area contributed by atoms with E-state index in [0.717, 1.165) is 19.3 Å². The molecule has 4 heteroatoms. The second kappa shape index (κ2) is 13.4. The summed E-state index contributed by atoms with van der Waals surface area (Å²) in [4.78, 5) is 22.2. The van der Waals surface area contributed by atoms with E-state index in [9.17, 15) is 4.79 Å². The molecule has 0 aliphatic heterocycles. The lowest BCUT2D eigenvalue weighted by molar-refractivity contribution is -0.137. The number of unbranched alkanes of at least 4 members (excludes halogenated alkanes) is 2. The highest BCUT2D eigenvalue weighted by molar-refractivity contribution is 5.66. The number of hydrogen-bond donors (Lipinski definition) is 1. The van der Waals surface area contributed by atoms with Gasteiger partial charge in [-0.05, 0) is 13.3 Å². The Labute approximate surface area is 78.7 Å². The van der Waals surface area contributed by atoms with E-state index >= 15 is 0 Å². The van der Waals surface area contributed by atoms with E-state index in [1.165, 1.54) is 6.08 Å². The number of aliphatic carboxylic acids is 1. The van der Waals surface area contributed by atoms with Crippen LogP contribution in [0.2, 0.25) is 0 Å². The molecule has 0 saturated heterocycles. The van der Waals surface area contributed by atoms with E-state index in [2.05, 4.69) is 11.9 Å². The van der Waals surface area contributed by atoms with Crippen LogP contribution in [-0.2, 0) is 9.59 Å². The van der Waals surface area contributed by atoms with Gasteiger partial charge in [-0.1, -0.05) is 19.8 Å². The minimum Gasteiger partial charge on any atom is -0.481 e. The maximum absolute atomic E-state index is 9.87. The van der Waals surface area contributed by atoms with Crippen LogP contribution in [0.5, 0.6) is 0 Å². The van der Waals surface area contributed by atoms with E-state index < -0.39 is 5.97 Å². The fourth-order valence-electron chi connectivity index (χ4n) is 0.591. The Kier molecular flexibility index (Phi) is 14.9. The number of hydrogen-bond acceptors (Lipinski definition) is 3. The molecule has 0 aliphatic carbocycles. The molecule has 0 heterocycles. The lowest BCUT2D eigenvalue weighted by atomic mass is 10.2. The second-order valence-electron chi connectivity index (χ2n) is 2.42. The predicted octanol–water partition coefficient (Wildman–Crippen LogP) is 1.99. The highest BCUT2D eigenvalue weighted by Gasteiger charge is 1.92. The average molecular weight is 187 g/mol. The largest absolute Gasteiger partial charge is 0.481 e. The molecule has 0 bridgehead atoms. The SMILES string of the molecule is CCCCCC(=O)O.CCN=C=O. The zero-order valence-corrected chi connectivity index (χ0v) is 8.25. The number of nitrogens with zero attached hydrogens (tertiary/aromatic N) is 1. The van der Waals surface area contributed by atoms with Crippen LogP contribution in [-0.4, -0.2) is 23.7 Å². The maximum Gasteiger partial charge on any atom is 0.303 e. The molecule has 0 saturated carbocycles. The average Bonchev–Trinajstić information content (AvgIpc) is 2.07. The van der Waals surface area contributed by atoms with Gasteiger partial charge in [0.15, 0.2) is 0 Å². The molecular formula is C9H17NO3. The van der Waals surface area contributed by atoms with Crippen molar-refractivity contribution in [3.05, 3.63) is 0 Å². The zero-order valence-electron chi connectivity index (χ0n) is 8.25. The first-order valence-corrected chi connectivity index (χ1v) is 4.44. The van der Waals surface area contributed by atoms with Crippen LogP contribution in [0, 0.1) is 0 Å². The molecule has 0 radical (unpaired) electrons. The molecule has 76 valence electrons. The van der Waals surface area contributed by atoms with Gasteiger partial charge >= 0.3 is 5.97 Å². The van der Waals surface area contributed by atoms with Gasteiger partial charge < -0.3 is 5.11 Å². The van der Waals surface area contributed by atoms with Crippen molar-refractivity contribution in [1.29, 1.82) is 0 Å². The normalized spacial score (nSPS) is 7.85. The summed E-state index contributed by atoms with van der Waals surface area (Å²) in [5.41, 5.74) is 0. The molecule has 0 spiro atoms. The molecular weight excluding hydrogens is 170 g/mol. The van der Waals surface area contributed by atoms with Crippen molar-refractivity contribution < 1.29 is 14.7 Å². The summed E-state index contributed by atoms with van der Waals surface area (Å²) in [5.74, 6) is -0.682. The number of carboxylic acids is 1. The third kappa shape index (κ3) is 24.8. The van der Waals surface area contributed by atoms with Crippen molar-refractivity contribution in [2.45, 2.75) is 39.5 Å². The van der Waals surface area contributed by atoms with Gasteiger partial charge in [0.2, 0.25) is 6.08 Å². The number of rotatable bonds is 5. The van der Waals surface area contributed by atoms with Crippen molar-refractivity contribution in [2.75, 3.05) is 6.54 Å². The second-order valence-corrected chi connectivity index (χ2v) is 2.42. The van der Waals surface area contributed by atoms with Gasteiger partial charge in [-0.3, -0.25) is 4.79 Å². The molecule has 0 aromatic rings. The van der Waals surface area contributed by atoms with Crippen molar-refractivity contribution in [2.24, 2.45) is 4.99 Å². The standard InChI is InChI=1S/C6H12O2.C3H5NO/c1-2-3-4-5-6(7)8;1-2-4-3-5/h2-5H2,1H3,(H,7,8);2H2,1H3. The third-order valence-corrected chi connectivity index (χ3v) is 1.22. The Morgan fingerprint density at radius 1 is 1.38 bits per heavy atom. The van der Waals surface area contributed by atoms with Crippen LogP contribution in [0.25, 0.3) is 0 Å². The summed E-state index contributed by atoms with van der Waals surface area (Å²) in [7, 11) is 0. The topological polar surface area (TPSA) is 66.7 Å². The third-order valence-electron chi connectivity index (χ3n) is 1.22. The monoisotopic (exact) mass is 187 g/mol. The van der Waals surface area contributed by atoms with Crippen LogP contribution in [0.15, 0.2) is 4.99 Å². The van der Waals surface area contributed by atoms with E-state index in [1.807, 2.05) is 0 Å². The molecule has 0 aromatic heterocycles. The highest BCUT2D eigenvalue weighted by Crippen LogP contribution is 1.97. The molecule has 0 atom stereocenters. The summed E-state index contributed by atoms with van der Waals surface area (Å²) in [6.45, 7) is 4.39. The molecule has 0 aromatic carbocycles. The molecule has 1 N–H and O–H groups in total. The molecule has 0 fully saturated rings. The van der Waals surface area contributed by atoms with Crippen molar-refractivity contribution in [3.8, 4) is 0 Å². The van der Waals surface area contributed by atoms with Crippen molar-refractivity contribution in [3.63, 3.8) is 0 Å². The number of carbonyl (C=O) groups is 1. The first kappa shape index (κ1) is 14.4. The van der Waals surface area contributed by atoms with Gasteiger partial charge in [0.25, 0.3) is 0 Å². The molecule has 0 amide bonds. The molecule has 13 heavy (non-hydrogen) atoms. The summed E-state index contributed by atoms with van der Waals surface area (Å²) in [6, 6.07) is 0. The predicted molar refractivity (Wildman–Crippen MR) is 50.4 cm³/mol. The number of aliphatic imine (C=N–C) groups is 1. The Balaban J connectivity index is 0. The maximum atomic E-state index is 9.87. The van der Waals surface area contributed by atoms with Gasteiger partial charge in [-0.25, -0.2) is 9.79 Å². The molecule has 4 nitrogen and oxygen atoms in total. The van der Waals surface area contributed by atoms with Crippen LogP contribution in [0.3, 0.4) is 0 Å². The van der Waals surface area contributed by atoms with Gasteiger partial charge in [0.1, 0.15) is 0 Å².